The molecule has 1 amide bonds. The Labute approximate surface area is 149 Å². The molecule has 7 heteroatoms. The van der Waals surface area contributed by atoms with Crippen molar-refractivity contribution in [3.8, 4) is 0 Å². The van der Waals surface area contributed by atoms with Crippen LogP contribution in [0.3, 0.4) is 0 Å². The Balaban J connectivity index is 0.00000161. The number of aromatic nitrogens is 2. The van der Waals surface area contributed by atoms with Crippen LogP contribution in [-0.4, -0.2) is 22.2 Å². The van der Waals surface area contributed by atoms with Crippen LogP contribution < -0.4 is 4.90 Å². The normalized spacial score (nSPS) is 17.4. The van der Waals surface area contributed by atoms with Gasteiger partial charge in [0.15, 0.2) is 0 Å². The maximum absolute atomic E-state index is 12.7. The second kappa shape index (κ2) is 6.18. The van der Waals surface area contributed by atoms with Crippen LogP contribution in [0.1, 0.15) is 29.0 Å². The van der Waals surface area contributed by atoms with E-state index in [4.69, 9.17) is 11.6 Å². The van der Waals surface area contributed by atoms with Gasteiger partial charge < -0.3 is 4.90 Å². The Hall–Kier alpha value is -0.730. The fraction of sp³-hybridized carbons (Fsp3) is 0.286. The lowest BCUT2D eigenvalue weighted by Gasteiger charge is -2.32. The lowest BCUT2D eigenvalue weighted by Crippen LogP contribution is -2.43. The van der Waals surface area contributed by atoms with Crippen LogP contribution in [0.4, 0.5) is 5.69 Å². The highest BCUT2D eigenvalue weighted by atomic mass is 127. The fourth-order valence-corrected chi connectivity index (χ4v) is 3.17. The third-order valence-electron chi connectivity index (χ3n) is 3.52. The molecule has 0 radical (unpaired) electrons. The Morgan fingerprint density at radius 3 is 2.81 bits per heavy atom. The van der Waals surface area contributed by atoms with Crippen molar-refractivity contribution in [3.63, 3.8) is 0 Å². The number of benzene rings is 1. The summed E-state index contributed by atoms with van der Waals surface area (Å²) in [7, 11) is 0. The van der Waals surface area contributed by atoms with Crippen molar-refractivity contribution in [2.24, 2.45) is 0 Å². The minimum absolute atomic E-state index is 0. The number of hydrogen-bond donors (Lipinski definition) is 0. The molecule has 1 aliphatic heterocycles. The minimum atomic E-state index is -0.00766. The molecule has 0 bridgehead atoms. The summed E-state index contributed by atoms with van der Waals surface area (Å²) in [6.45, 7) is 4.62. The van der Waals surface area contributed by atoms with Gasteiger partial charge in [-0.25, -0.2) is 0 Å². The number of aryl methyl sites for hydroxylation is 1. The summed E-state index contributed by atoms with van der Waals surface area (Å²) in [4.78, 5) is 14.5. The molecule has 3 rings (SSSR count). The third-order valence-corrected chi connectivity index (χ3v) is 4.73. The summed E-state index contributed by atoms with van der Waals surface area (Å²) in [6.07, 6.45) is 1.74. The predicted octanol–water partition coefficient (Wildman–Crippen LogP) is 3.78. The minimum Gasteiger partial charge on any atom is -0.305 e. The van der Waals surface area contributed by atoms with Crippen molar-refractivity contribution in [1.82, 2.24) is 9.78 Å². The van der Waals surface area contributed by atoms with Gasteiger partial charge in [-0.3, -0.25) is 9.48 Å². The van der Waals surface area contributed by atoms with Gasteiger partial charge in [-0.1, -0.05) is 11.6 Å². The van der Waals surface area contributed by atoms with Crippen LogP contribution >= 0.6 is 47.7 Å². The molecule has 1 aliphatic rings. The van der Waals surface area contributed by atoms with Crippen LogP contribution in [0.2, 0.25) is 5.02 Å². The smallest absolute Gasteiger partial charge is 0.277 e. The second-order valence-corrected chi connectivity index (χ2v) is 6.55. The van der Waals surface area contributed by atoms with E-state index >= 15 is 0 Å². The third kappa shape index (κ3) is 2.80. The first-order valence-corrected chi connectivity index (χ1v) is 7.75. The molecule has 0 unspecified atom stereocenters. The second-order valence-electron chi connectivity index (χ2n) is 4.98. The highest BCUT2D eigenvalue weighted by Crippen LogP contribution is 2.30. The highest BCUT2D eigenvalue weighted by molar-refractivity contribution is 14.1. The Bertz CT molecular complexity index is 704. The summed E-state index contributed by atoms with van der Waals surface area (Å²) in [5, 5.41) is 5.00. The van der Waals surface area contributed by atoms with E-state index in [0.29, 0.717) is 17.3 Å². The zero-order valence-electron chi connectivity index (χ0n) is 11.6. The van der Waals surface area contributed by atoms with E-state index in [9.17, 15) is 4.79 Å². The van der Waals surface area contributed by atoms with Crippen molar-refractivity contribution in [2.45, 2.75) is 19.9 Å². The topological polar surface area (TPSA) is 38.1 Å². The number of fused-ring (bicyclic) bond motifs is 1. The van der Waals surface area contributed by atoms with Gasteiger partial charge in [0.2, 0.25) is 0 Å². The van der Waals surface area contributed by atoms with Crippen molar-refractivity contribution < 1.29 is 4.79 Å². The van der Waals surface area contributed by atoms with E-state index < -0.39 is 0 Å². The van der Waals surface area contributed by atoms with Crippen LogP contribution in [0, 0.1) is 10.5 Å². The first-order valence-electron chi connectivity index (χ1n) is 6.30. The Morgan fingerprint density at radius 1 is 1.43 bits per heavy atom. The molecular weight excluding hydrogens is 421 g/mol. The van der Waals surface area contributed by atoms with Crippen molar-refractivity contribution in [2.75, 3.05) is 11.4 Å². The number of rotatable bonds is 1. The average molecular weight is 436 g/mol. The van der Waals surface area contributed by atoms with Crippen molar-refractivity contribution in [3.05, 3.63) is 44.2 Å². The maximum Gasteiger partial charge on any atom is 0.277 e. The van der Waals surface area contributed by atoms with E-state index in [2.05, 4.69) is 34.6 Å². The van der Waals surface area contributed by atoms with E-state index in [1.165, 1.54) is 0 Å². The number of nitrogens with zero attached hydrogens (tertiary/aromatic N) is 3. The fourth-order valence-electron chi connectivity index (χ4n) is 2.45. The molecule has 4 nitrogen and oxygen atoms in total. The molecule has 0 fully saturated rings. The van der Waals surface area contributed by atoms with Gasteiger partial charge in [0, 0.05) is 17.3 Å². The van der Waals surface area contributed by atoms with E-state index in [-0.39, 0.29) is 25.4 Å². The van der Waals surface area contributed by atoms with Crippen LogP contribution in [0.25, 0.3) is 0 Å². The predicted molar refractivity (Wildman–Crippen MR) is 97.9 cm³/mol. The van der Waals surface area contributed by atoms with Gasteiger partial charge in [-0.2, -0.15) is 18.6 Å². The molecule has 2 aromatic rings. The van der Waals surface area contributed by atoms with E-state index in [1.54, 1.807) is 11.1 Å². The summed E-state index contributed by atoms with van der Waals surface area (Å²) >= 11 is 8.21. The number of amides is 1. The van der Waals surface area contributed by atoms with Gasteiger partial charge in [-0.15, -0.1) is 0 Å². The lowest BCUT2D eigenvalue weighted by atomic mass is 10.1. The molecule has 0 aliphatic carbocycles. The van der Waals surface area contributed by atoms with Gasteiger partial charge in [0.05, 0.1) is 15.8 Å². The number of carbonyl (C=O) groups is 1. The van der Waals surface area contributed by atoms with Gasteiger partial charge >= 0.3 is 0 Å². The van der Waals surface area contributed by atoms with Crippen LogP contribution in [0.5, 0.6) is 0 Å². The largest absolute Gasteiger partial charge is 0.305 e. The molecule has 0 saturated heterocycles. The van der Waals surface area contributed by atoms with Gasteiger partial charge in [-0.05, 0) is 60.2 Å². The molecule has 112 valence electrons. The Kier molecular flexibility index (Phi) is 4.89. The number of halogens is 2. The molecule has 1 atom stereocenters. The van der Waals surface area contributed by atoms with Crippen LogP contribution in [-0.2, 0) is 0 Å². The van der Waals surface area contributed by atoms with Crippen molar-refractivity contribution >= 4 is 59.3 Å². The standard InChI is InChI=1S/C14H13ClIN3O.H2S/c1-8-5-10(3-4-11(8)15)18-7-9(2)19-13(14(18)20)12(16)6-17-19;/h3-6,9H,7H2,1-2H3;1H2/t9-;/m0./s1. The first kappa shape index (κ1) is 16.6. The van der Waals surface area contributed by atoms with Gasteiger partial charge in [0.1, 0.15) is 5.69 Å². The van der Waals surface area contributed by atoms with E-state index in [1.807, 2.05) is 29.8 Å². The summed E-state index contributed by atoms with van der Waals surface area (Å²) < 4.78 is 2.69. The summed E-state index contributed by atoms with van der Waals surface area (Å²) in [5.41, 5.74) is 2.52. The average Bonchev–Trinajstić information content (AvgIpc) is 2.80. The van der Waals surface area contributed by atoms with E-state index in [0.717, 1.165) is 14.8 Å². The molecule has 1 aromatic heterocycles. The zero-order valence-corrected chi connectivity index (χ0v) is 15.5. The molecule has 0 spiro atoms. The molecular formula is C14H15ClIN3OS. The SMILES string of the molecule is Cc1cc(N2C[C@H](C)n3ncc(I)c3C2=O)ccc1Cl.S. The number of carbonyl (C=O) groups excluding carboxylic acids is 1. The quantitative estimate of drug-likeness (QED) is 0.639. The molecule has 2 heterocycles. The first-order chi connectivity index (χ1) is 9.49. The molecule has 1 aromatic carbocycles. The summed E-state index contributed by atoms with van der Waals surface area (Å²) in [6, 6.07) is 5.83. The number of anilines is 1. The number of hydrogen-bond acceptors (Lipinski definition) is 2. The summed E-state index contributed by atoms with van der Waals surface area (Å²) in [5.74, 6) is -0.00766. The monoisotopic (exact) mass is 435 g/mol. The zero-order chi connectivity index (χ0) is 14.4. The maximum atomic E-state index is 12.7. The molecule has 0 N–H and O–H groups in total. The highest BCUT2D eigenvalue weighted by Gasteiger charge is 2.32. The molecule has 0 saturated carbocycles. The van der Waals surface area contributed by atoms with Gasteiger partial charge in [0.25, 0.3) is 5.91 Å². The lowest BCUT2D eigenvalue weighted by molar-refractivity contribution is 0.0952. The Morgan fingerprint density at radius 2 is 2.14 bits per heavy atom. The van der Waals surface area contributed by atoms with Crippen LogP contribution in [0.15, 0.2) is 24.4 Å². The van der Waals surface area contributed by atoms with Crippen molar-refractivity contribution in [1.29, 1.82) is 0 Å². The molecule has 21 heavy (non-hydrogen) atoms.